The van der Waals surface area contributed by atoms with Crippen LogP contribution in [0, 0.1) is 15.9 Å². The molecule has 0 saturated carbocycles. The highest BCUT2D eigenvalue weighted by Gasteiger charge is 2.26. The molecule has 2 heterocycles. The van der Waals surface area contributed by atoms with Gasteiger partial charge in [0.05, 0.1) is 17.6 Å². The van der Waals surface area contributed by atoms with Gasteiger partial charge in [-0.1, -0.05) is 13.3 Å². The van der Waals surface area contributed by atoms with Gasteiger partial charge in [0.2, 0.25) is 11.8 Å². The number of aliphatic hydroxyl groups excluding tert-OH is 1. The zero-order valence-electron chi connectivity index (χ0n) is 15.1. The molecule has 2 aromatic rings. The Morgan fingerprint density at radius 3 is 2.93 bits per heavy atom. The fraction of sp³-hybridized carbons (Fsp3) is 0.444. The van der Waals surface area contributed by atoms with Gasteiger partial charge in [-0.05, 0) is 31.4 Å². The van der Waals surface area contributed by atoms with Gasteiger partial charge in [0.1, 0.15) is 5.82 Å². The quantitative estimate of drug-likeness (QED) is 0.566. The number of halogens is 1. The Morgan fingerprint density at radius 2 is 2.22 bits per heavy atom. The molecular formula is C18H22FN5O3. The number of nitrogens with one attached hydrogen (secondary N) is 1. The smallest absolute Gasteiger partial charge is 0.306 e. The lowest BCUT2D eigenvalue weighted by atomic mass is 10.2. The summed E-state index contributed by atoms with van der Waals surface area (Å²) >= 11 is 0. The number of aliphatic hydroxyl groups is 1. The van der Waals surface area contributed by atoms with E-state index in [9.17, 15) is 19.6 Å². The van der Waals surface area contributed by atoms with Crippen molar-refractivity contribution in [2.75, 3.05) is 23.4 Å². The highest BCUT2D eigenvalue weighted by molar-refractivity contribution is 5.59. The van der Waals surface area contributed by atoms with Gasteiger partial charge in [-0.15, -0.1) is 0 Å². The van der Waals surface area contributed by atoms with E-state index in [0.29, 0.717) is 17.5 Å². The molecule has 8 nitrogen and oxygen atoms in total. The van der Waals surface area contributed by atoms with Crippen LogP contribution in [0.1, 0.15) is 31.9 Å². The predicted octanol–water partition coefficient (Wildman–Crippen LogP) is 3.18. The van der Waals surface area contributed by atoms with Crippen LogP contribution in [-0.2, 0) is 6.42 Å². The number of hydrogen-bond donors (Lipinski definition) is 2. The fourth-order valence-electron chi connectivity index (χ4n) is 3.26. The van der Waals surface area contributed by atoms with Crippen LogP contribution in [-0.4, -0.2) is 39.2 Å². The van der Waals surface area contributed by atoms with Crippen LogP contribution in [0.25, 0.3) is 0 Å². The number of aryl methyl sites for hydroxylation is 1. The van der Waals surface area contributed by atoms with Crippen LogP contribution in [0.15, 0.2) is 24.3 Å². The standard InChI is InChI=1S/C18H22FN5O3/c1-2-4-12-10-17(23-8-3-5-14(23)11-25)22-18(20-12)21-13-6-7-15(19)16(9-13)24(26)27/h6-7,9-10,14,25H,2-5,8,11H2,1H3,(H,20,21,22). The predicted molar refractivity (Wildman–Crippen MR) is 99.8 cm³/mol. The van der Waals surface area contributed by atoms with Gasteiger partial charge in [-0.25, -0.2) is 4.98 Å². The van der Waals surface area contributed by atoms with Crippen LogP contribution in [0.4, 0.5) is 27.5 Å². The molecule has 1 saturated heterocycles. The maximum Gasteiger partial charge on any atom is 0.306 e. The lowest BCUT2D eigenvalue weighted by Crippen LogP contribution is -2.33. The zero-order valence-corrected chi connectivity index (χ0v) is 15.1. The molecule has 1 aromatic heterocycles. The largest absolute Gasteiger partial charge is 0.394 e. The number of rotatable bonds is 7. The van der Waals surface area contributed by atoms with Crippen LogP contribution in [0.2, 0.25) is 0 Å². The van der Waals surface area contributed by atoms with Crippen LogP contribution in [0.5, 0.6) is 0 Å². The summed E-state index contributed by atoms with van der Waals surface area (Å²) in [7, 11) is 0. The van der Waals surface area contributed by atoms with Crippen LogP contribution in [0.3, 0.4) is 0 Å². The summed E-state index contributed by atoms with van der Waals surface area (Å²) in [5.41, 5.74) is 0.567. The molecule has 1 aliphatic rings. The Labute approximate surface area is 156 Å². The van der Waals surface area contributed by atoms with Crippen LogP contribution >= 0.6 is 0 Å². The van der Waals surface area contributed by atoms with Crippen molar-refractivity contribution < 1.29 is 14.4 Å². The molecule has 2 N–H and O–H groups in total. The van der Waals surface area contributed by atoms with Crippen LogP contribution < -0.4 is 10.2 Å². The molecule has 1 fully saturated rings. The first-order valence-corrected chi connectivity index (χ1v) is 8.98. The minimum absolute atomic E-state index is 0.0223. The minimum atomic E-state index is -0.894. The molecule has 3 rings (SSSR count). The number of aromatic nitrogens is 2. The van der Waals surface area contributed by atoms with E-state index in [2.05, 4.69) is 20.2 Å². The molecule has 1 aromatic carbocycles. The van der Waals surface area contributed by atoms with E-state index in [4.69, 9.17) is 0 Å². The Hall–Kier alpha value is -2.81. The number of benzene rings is 1. The van der Waals surface area contributed by atoms with Crippen molar-refractivity contribution in [3.63, 3.8) is 0 Å². The normalized spacial score (nSPS) is 16.6. The van der Waals surface area contributed by atoms with E-state index in [1.165, 1.54) is 6.07 Å². The fourth-order valence-corrected chi connectivity index (χ4v) is 3.26. The summed E-state index contributed by atoms with van der Waals surface area (Å²) in [6, 6.07) is 5.51. The number of anilines is 3. The summed E-state index contributed by atoms with van der Waals surface area (Å²) < 4.78 is 13.5. The Kier molecular flexibility index (Phi) is 5.80. The van der Waals surface area contributed by atoms with Gasteiger partial charge < -0.3 is 15.3 Å². The molecule has 144 valence electrons. The summed E-state index contributed by atoms with van der Waals surface area (Å²) in [5.74, 6) is 0.110. The Balaban J connectivity index is 1.93. The van der Waals surface area contributed by atoms with Crippen molar-refractivity contribution in [3.05, 3.63) is 45.9 Å². The van der Waals surface area contributed by atoms with Crippen molar-refractivity contribution in [2.45, 2.75) is 38.6 Å². The molecule has 0 bridgehead atoms. The average molecular weight is 375 g/mol. The van der Waals surface area contributed by atoms with Gasteiger partial charge in [-0.3, -0.25) is 10.1 Å². The summed E-state index contributed by atoms with van der Waals surface area (Å²) in [6.07, 6.45) is 3.54. The van der Waals surface area contributed by atoms with Gasteiger partial charge in [0, 0.05) is 30.1 Å². The molecule has 1 unspecified atom stereocenters. The Morgan fingerprint density at radius 1 is 1.41 bits per heavy atom. The third kappa shape index (κ3) is 4.30. The molecule has 1 atom stereocenters. The first kappa shape index (κ1) is 19.0. The minimum Gasteiger partial charge on any atom is -0.394 e. The molecular weight excluding hydrogens is 353 g/mol. The highest BCUT2D eigenvalue weighted by Crippen LogP contribution is 2.27. The molecule has 0 radical (unpaired) electrons. The second-order valence-corrected chi connectivity index (χ2v) is 6.51. The second-order valence-electron chi connectivity index (χ2n) is 6.51. The third-order valence-corrected chi connectivity index (χ3v) is 4.55. The van der Waals surface area contributed by atoms with Gasteiger partial charge in [-0.2, -0.15) is 9.37 Å². The number of nitro groups is 1. The molecule has 9 heteroatoms. The van der Waals surface area contributed by atoms with E-state index in [1.54, 1.807) is 0 Å². The maximum absolute atomic E-state index is 13.5. The van der Waals surface area contributed by atoms with E-state index in [-0.39, 0.29) is 12.6 Å². The lowest BCUT2D eigenvalue weighted by Gasteiger charge is -2.25. The topological polar surface area (TPSA) is 104 Å². The molecule has 27 heavy (non-hydrogen) atoms. The number of hydrogen-bond acceptors (Lipinski definition) is 7. The van der Waals surface area contributed by atoms with Gasteiger partial charge in [0.25, 0.3) is 0 Å². The van der Waals surface area contributed by atoms with Crippen molar-refractivity contribution in [1.82, 2.24) is 9.97 Å². The second kappa shape index (κ2) is 8.26. The highest BCUT2D eigenvalue weighted by atomic mass is 19.1. The summed E-state index contributed by atoms with van der Waals surface area (Å²) in [6.45, 7) is 2.90. The third-order valence-electron chi connectivity index (χ3n) is 4.55. The average Bonchev–Trinajstić information content (AvgIpc) is 3.12. The first-order valence-electron chi connectivity index (χ1n) is 8.98. The van der Waals surface area contributed by atoms with E-state index in [0.717, 1.165) is 50.1 Å². The Bertz CT molecular complexity index is 833. The van der Waals surface area contributed by atoms with Crippen molar-refractivity contribution in [2.24, 2.45) is 0 Å². The van der Waals surface area contributed by atoms with Crippen molar-refractivity contribution >= 4 is 23.1 Å². The molecule has 1 aliphatic heterocycles. The first-order chi connectivity index (χ1) is 13.0. The zero-order chi connectivity index (χ0) is 19.4. The van der Waals surface area contributed by atoms with E-state index in [1.807, 2.05) is 13.0 Å². The van der Waals surface area contributed by atoms with Crippen molar-refractivity contribution in [1.29, 1.82) is 0 Å². The molecule has 0 spiro atoms. The summed E-state index contributed by atoms with van der Waals surface area (Å²) in [5, 5.41) is 23.5. The van der Waals surface area contributed by atoms with Crippen molar-refractivity contribution in [3.8, 4) is 0 Å². The number of nitro benzene ring substituents is 1. The SMILES string of the molecule is CCCc1cc(N2CCCC2CO)nc(Nc2ccc(F)c([N+](=O)[O-])c2)n1. The molecule has 0 aliphatic carbocycles. The molecule has 0 amide bonds. The van der Waals surface area contributed by atoms with E-state index >= 15 is 0 Å². The lowest BCUT2D eigenvalue weighted by molar-refractivity contribution is -0.387. The summed E-state index contributed by atoms with van der Waals surface area (Å²) in [4.78, 5) is 21.2. The van der Waals surface area contributed by atoms with Gasteiger partial charge in [0.15, 0.2) is 0 Å². The van der Waals surface area contributed by atoms with E-state index < -0.39 is 16.4 Å². The maximum atomic E-state index is 13.5. The van der Waals surface area contributed by atoms with Gasteiger partial charge >= 0.3 is 5.69 Å². The monoisotopic (exact) mass is 375 g/mol. The number of nitrogens with zero attached hydrogens (tertiary/aromatic N) is 4.